The fraction of sp³-hybridized carbons (Fsp3) is 0.286. The molecule has 1 amide bonds. The number of amides is 1. The summed E-state index contributed by atoms with van der Waals surface area (Å²) in [6.45, 7) is 3.91. The fourth-order valence-electron chi connectivity index (χ4n) is 2.44. The zero-order valence-electron chi connectivity index (χ0n) is 10.6. The van der Waals surface area contributed by atoms with E-state index < -0.39 is 5.91 Å². The van der Waals surface area contributed by atoms with E-state index >= 15 is 0 Å². The molecule has 2 aromatic rings. The first-order chi connectivity index (χ1) is 9.25. The maximum absolute atomic E-state index is 11.2. The Kier molecular flexibility index (Phi) is 3.05. The Hall–Kier alpha value is -2.14. The van der Waals surface area contributed by atoms with Crippen LogP contribution in [0.15, 0.2) is 30.5 Å². The number of nitrogens with zero attached hydrogens (tertiary/aromatic N) is 2. The zero-order chi connectivity index (χ0) is 13.2. The first-order valence-electron chi connectivity index (χ1n) is 6.40. The SMILES string of the molecule is NC(=O)c1cnc2c(N3CCNCC3)cccc2c1. The second-order valence-corrected chi connectivity index (χ2v) is 4.67. The van der Waals surface area contributed by atoms with E-state index in [1.165, 1.54) is 0 Å². The molecule has 19 heavy (non-hydrogen) atoms. The lowest BCUT2D eigenvalue weighted by Gasteiger charge is -2.30. The monoisotopic (exact) mass is 256 g/mol. The summed E-state index contributed by atoms with van der Waals surface area (Å²) in [5.41, 5.74) is 7.78. The number of carbonyl (C=O) groups is 1. The summed E-state index contributed by atoms with van der Waals surface area (Å²) in [4.78, 5) is 17.9. The summed E-state index contributed by atoms with van der Waals surface area (Å²) in [6, 6.07) is 7.83. The molecule has 1 aliphatic rings. The highest BCUT2D eigenvalue weighted by atomic mass is 16.1. The van der Waals surface area contributed by atoms with Gasteiger partial charge in [-0.1, -0.05) is 12.1 Å². The summed E-state index contributed by atoms with van der Waals surface area (Å²) >= 11 is 0. The number of fused-ring (bicyclic) bond motifs is 1. The van der Waals surface area contributed by atoms with E-state index in [2.05, 4.69) is 21.3 Å². The number of hydrogen-bond acceptors (Lipinski definition) is 4. The molecule has 0 radical (unpaired) electrons. The van der Waals surface area contributed by atoms with E-state index in [0.29, 0.717) is 5.56 Å². The van der Waals surface area contributed by atoms with E-state index in [1.54, 1.807) is 12.3 Å². The van der Waals surface area contributed by atoms with Crippen LogP contribution in [0.2, 0.25) is 0 Å². The molecule has 0 atom stereocenters. The van der Waals surface area contributed by atoms with Crippen LogP contribution in [0.5, 0.6) is 0 Å². The Morgan fingerprint density at radius 1 is 1.32 bits per heavy atom. The van der Waals surface area contributed by atoms with Crippen LogP contribution in [-0.4, -0.2) is 37.1 Å². The Labute approximate surface area is 111 Å². The largest absolute Gasteiger partial charge is 0.367 e. The van der Waals surface area contributed by atoms with Crippen LogP contribution < -0.4 is 16.0 Å². The molecular weight excluding hydrogens is 240 g/mol. The number of hydrogen-bond donors (Lipinski definition) is 2. The quantitative estimate of drug-likeness (QED) is 0.831. The number of aromatic nitrogens is 1. The average Bonchev–Trinajstić information content (AvgIpc) is 2.47. The minimum Gasteiger partial charge on any atom is -0.367 e. The van der Waals surface area contributed by atoms with E-state index in [9.17, 15) is 4.79 Å². The Morgan fingerprint density at radius 2 is 2.11 bits per heavy atom. The molecule has 0 spiro atoms. The van der Waals surface area contributed by atoms with Crippen molar-refractivity contribution in [1.29, 1.82) is 0 Å². The first kappa shape index (κ1) is 11.9. The third-order valence-corrected chi connectivity index (χ3v) is 3.43. The number of nitrogens with one attached hydrogen (secondary N) is 1. The third-order valence-electron chi connectivity index (χ3n) is 3.43. The maximum Gasteiger partial charge on any atom is 0.250 e. The van der Waals surface area contributed by atoms with E-state index in [0.717, 1.165) is 42.8 Å². The van der Waals surface area contributed by atoms with Crippen molar-refractivity contribution < 1.29 is 4.79 Å². The van der Waals surface area contributed by atoms with Gasteiger partial charge in [-0.05, 0) is 12.1 Å². The van der Waals surface area contributed by atoms with Crippen LogP contribution in [-0.2, 0) is 0 Å². The van der Waals surface area contributed by atoms with Gasteiger partial charge >= 0.3 is 0 Å². The van der Waals surface area contributed by atoms with Gasteiger partial charge in [-0.2, -0.15) is 0 Å². The lowest BCUT2D eigenvalue weighted by Crippen LogP contribution is -2.43. The van der Waals surface area contributed by atoms with Crippen LogP contribution in [0.3, 0.4) is 0 Å². The van der Waals surface area contributed by atoms with Gasteiger partial charge in [0.05, 0.1) is 16.8 Å². The van der Waals surface area contributed by atoms with Crippen LogP contribution in [0, 0.1) is 0 Å². The minimum absolute atomic E-state index is 0.443. The number of nitrogens with two attached hydrogens (primary N) is 1. The summed E-state index contributed by atoms with van der Waals surface area (Å²) in [7, 11) is 0. The van der Waals surface area contributed by atoms with E-state index in [1.807, 2.05) is 12.1 Å². The lowest BCUT2D eigenvalue weighted by molar-refractivity contribution is 0.1000. The highest BCUT2D eigenvalue weighted by Crippen LogP contribution is 2.25. The van der Waals surface area contributed by atoms with Crippen molar-refractivity contribution in [3.05, 3.63) is 36.0 Å². The number of primary amides is 1. The maximum atomic E-state index is 11.2. The van der Waals surface area contributed by atoms with Crippen LogP contribution >= 0.6 is 0 Å². The van der Waals surface area contributed by atoms with Crippen LogP contribution in [0.25, 0.3) is 10.9 Å². The van der Waals surface area contributed by atoms with Gasteiger partial charge in [0.1, 0.15) is 0 Å². The van der Waals surface area contributed by atoms with Crippen molar-refractivity contribution in [2.45, 2.75) is 0 Å². The van der Waals surface area contributed by atoms with Gasteiger partial charge < -0.3 is 16.0 Å². The van der Waals surface area contributed by atoms with Crippen molar-refractivity contribution in [1.82, 2.24) is 10.3 Å². The molecule has 5 heteroatoms. The number of rotatable bonds is 2. The topological polar surface area (TPSA) is 71.2 Å². The average molecular weight is 256 g/mol. The standard InChI is InChI=1S/C14H16N4O/c15-14(19)11-8-10-2-1-3-12(13(10)17-9-11)18-6-4-16-5-7-18/h1-3,8-9,16H,4-7H2,(H2,15,19). The summed E-state index contributed by atoms with van der Waals surface area (Å²) in [6.07, 6.45) is 1.55. The lowest BCUT2D eigenvalue weighted by atomic mass is 10.1. The molecule has 2 heterocycles. The zero-order valence-corrected chi connectivity index (χ0v) is 10.6. The van der Waals surface area contributed by atoms with Gasteiger partial charge in [0.15, 0.2) is 0 Å². The van der Waals surface area contributed by atoms with E-state index in [-0.39, 0.29) is 0 Å². The van der Waals surface area contributed by atoms with Gasteiger partial charge in [-0.3, -0.25) is 9.78 Å². The molecule has 0 saturated carbocycles. The van der Waals surface area contributed by atoms with Gasteiger partial charge in [-0.25, -0.2) is 0 Å². The number of piperazine rings is 1. The molecule has 0 bridgehead atoms. The number of benzene rings is 1. The number of para-hydroxylation sites is 1. The molecular formula is C14H16N4O. The highest BCUT2D eigenvalue weighted by Gasteiger charge is 2.14. The molecule has 1 aliphatic heterocycles. The minimum atomic E-state index is -0.443. The van der Waals surface area contributed by atoms with Gasteiger partial charge in [0.25, 0.3) is 0 Å². The molecule has 98 valence electrons. The smallest absolute Gasteiger partial charge is 0.250 e. The van der Waals surface area contributed by atoms with Crippen LogP contribution in [0.4, 0.5) is 5.69 Å². The molecule has 0 unspecified atom stereocenters. The molecule has 1 aromatic heterocycles. The second kappa shape index (κ2) is 4.85. The molecule has 0 aliphatic carbocycles. The van der Waals surface area contributed by atoms with Crippen LogP contribution in [0.1, 0.15) is 10.4 Å². The molecule has 5 nitrogen and oxygen atoms in total. The fourth-order valence-corrected chi connectivity index (χ4v) is 2.44. The number of pyridine rings is 1. The predicted octanol–water partition coefficient (Wildman–Crippen LogP) is 0.743. The molecule has 1 saturated heterocycles. The first-order valence-corrected chi connectivity index (χ1v) is 6.40. The van der Waals surface area contributed by atoms with E-state index in [4.69, 9.17) is 5.73 Å². The predicted molar refractivity (Wildman–Crippen MR) is 75.3 cm³/mol. The van der Waals surface area contributed by atoms with Gasteiger partial charge in [0.2, 0.25) is 5.91 Å². The summed E-state index contributed by atoms with van der Waals surface area (Å²) < 4.78 is 0. The van der Waals surface area contributed by atoms with Crippen molar-refractivity contribution in [2.75, 3.05) is 31.1 Å². The molecule has 1 fully saturated rings. The number of carbonyl (C=O) groups excluding carboxylic acids is 1. The summed E-state index contributed by atoms with van der Waals surface area (Å²) in [5, 5.41) is 4.28. The Balaban J connectivity index is 2.07. The second-order valence-electron chi connectivity index (χ2n) is 4.67. The highest BCUT2D eigenvalue weighted by molar-refractivity contribution is 5.98. The van der Waals surface area contributed by atoms with Crippen molar-refractivity contribution in [2.24, 2.45) is 5.73 Å². The normalized spacial score (nSPS) is 15.7. The van der Waals surface area contributed by atoms with Crippen molar-refractivity contribution in [3.8, 4) is 0 Å². The van der Waals surface area contributed by atoms with Gasteiger partial charge in [-0.15, -0.1) is 0 Å². The van der Waals surface area contributed by atoms with Crippen molar-refractivity contribution in [3.63, 3.8) is 0 Å². The Bertz CT molecular complexity index is 620. The van der Waals surface area contributed by atoms with Crippen molar-refractivity contribution >= 4 is 22.5 Å². The Morgan fingerprint density at radius 3 is 2.84 bits per heavy atom. The summed E-state index contributed by atoms with van der Waals surface area (Å²) in [5.74, 6) is -0.443. The third kappa shape index (κ3) is 2.24. The number of anilines is 1. The molecule has 3 rings (SSSR count). The molecule has 3 N–H and O–H groups in total. The molecule has 1 aromatic carbocycles. The van der Waals surface area contributed by atoms with Gasteiger partial charge in [0, 0.05) is 37.8 Å².